The predicted molar refractivity (Wildman–Crippen MR) is 100 cm³/mol. The normalized spacial score (nSPS) is 10.7. The molecule has 0 spiro atoms. The Morgan fingerprint density at radius 1 is 1.12 bits per heavy atom. The van der Waals surface area contributed by atoms with Gasteiger partial charge in [-0.2, -0.15) is 0 Å². The van der Waals surface area contributed by atoms with Crippen LogP contribution in [0, 0.1) is 12.7 Å². The standard InChI is InChI=1S/C21H21FN2O2/c1-15-19(21(25)23-12-13-26-2)14-20(16-6-4-3-5-7-16)24(15)18-10-8-17(22)9-11-18/h3-11,14H,12-13H2,1-2H3,(H,23,25). The van der Waals surface area contributed by atoms with Crippen LogP contribution in [0.3, 0.4) is 0 Å². The molecule has 2 aromatic carbocycles. The number of halogens is 1. The predicted octanol–water partition coefficient (Wildman–Crippen LogP) is 3.97. The van der Waals surface area contributed by atoms with Gasteiger partial charge in [-0.15, -0.1) is 0 Å². The highest BCUT2D eigenvalue weighted by Gasteiger charge is 2.19. The molecule has 26 heavy (non-hydrogen) atoms. The summed E-state index contributed by atoms with van der Waals surface area (Å²) in [6, 6.07) is 17.9. The van der Waals surface area contributed by atoms with Crippen molar-refractivity contribution in [1.29, 1.82) is 0 Å². The first kappa shape index (κ1) is 17.9. The first-order chi connectivity index (χ1) is 12.6. The van der Waals surface area contributed by atoms with Gasteiger partial charge in [-0.25, -0.2) is 4.39 Å². The molecule has 0 radical (unpaired) electrons. The van der Waals surface area contributed by atoms with Gasteiger partial charge in [-0.3, -0.25) is 4.79 Å². The Morgan fingerprint density at radius 2 is 1.81 bits per heavy atom. The molecule has 5 heteroatoms. The number of hydrogen-bond acceptors (Lipinski definition) is 2. The van der Waals surface area contributed by atoms with Crippen molar-refractivity contribution in [3.63, 3.8) is 0 Å². The monoisotopic (exact) mass is 352 g/mol. The highest BCUT2D eigenvalue weighted by Crippen LogP contribution is 2.29. The lowest BCUT2D eigenvalue weighted by atomic mass is 10.1. The Balaban J connectivity index is 2.08. The fraction of sp³-hybridized carbons (Fsp3) is 0.190. The first-order valence-electron chi connectivity index (χ1n) is 8.42. The maximum absolute atomic E-state index is 13.3. The zero-order valence-corrected chi connectivity index (χ0v) is 14.8. The van der Waals surface area contributed by atoms with E-state index in [0.717, 1.165) is 22.6 Å². The highest BCUT2D eigenvalue weighted by atomic mass is 19.1. The van der Waals surface area contributed by atoms with Crippen molar-refractivity contribution < 1.29 is 13.9 Å². The van der Waals surface area contributed by atoms with Crippen molar-refractivity contribution in [2.75, 3.05) is 20.3 Å². The van der Waals surface area contributed by atoms with Crippen LogP contribution >= 0.6 is 0 Å². The van der Waals surface area contributed by atoms with E-state index >= 15 is 0 Å². The van der Waals surface area contributed by atoms with Crippen molar-refractivity contribution >= 4 is 5.91 Å². The average molecular weight is 352 g/mol. The van der Waals surface area contributed by atoms with Crippen LogP contribution in [0.1, 0.15) is 16.1 Å². The summed E-state index contributed by atoms with van der Waals surface area (Å²) in [6.45, 7) is 2.78. The summed E-state index contributed by atoms with van der Waals surface area (Å²) in [5, 5.41) is 2.86. The molecule has 3 aromatic rings. The first-order valence-corrected chi connectivity index (χ1v) is 8.42. The lowest BCUT2D eigenvalue weighted by Gasteiger charge is -2.12. The van der Waals surface area contributed by atoms with Crippen LogP contribution in [0.2, 0.25) is 0 Å². The quantitative estimate of drug-likeness (QED) is 0.682. The second kappa shape index (κ2) is 7.97. The van der Waals surface area contributed by atoms with E-state index in [-0.39, 0.29) is 11.7 Å². The third kappa shape index (κ3) is 3.68. The van der Waals surface area contributed by atoms with Gasteiger partial charge in [-0.05, 0) is 42.8 Å². The number of hydrogen-bond donors (Lipinski definition) is 1. The summed E-state index contributed by atoms with van der Waals surface area (Å²) in [5.41, 5.74) is 4.05. The molecule has 3 rings (SSSR count). The molecule has 0 bridgehead atoms. The molecular formula is C21H21FN2O2. The van der Waals surface area contributed by atoms with Gasteiger partial charge in [0, 0.05) is 25.0 Å². The van der Waals surface area contributed by atoms with E-state index in [9.17, 15) is 9.18 Å². The second-order valence-electron chi connectivity index (χ2n) is 5.96. The molecule has 1 heterocycles. The zero-order chi connectivity index (χ0) is 18.5. The Kier molecular flexibility index (Phi) is 5.49. The number of aromatic nitrogens is 1. The molecule has 0 saturated carbocycles. The molecule has 1 amide bonds. The fourth-order valence-electron chi connectivity index (χ4n) is 2.94. The van der Waals surface area contributed by atoms with Gasteiger partial charge >= 0.3 is 0 Å². The van der Waals surface area contributed by atoms with Crippen LogP contribution < -0.4 is 5.32 Å². The van der Waals surface area contributed by atoms with Crippen molar-refractivity contribution in [1.82, 2.24) is 9.88 Å². The molecule has 0 aliphatic rings. The van der Waals surface area contributed by atoms with Crippen molar-refractivity contribution in [2.24, 2.45) is 0 Å². The molecule has 0 unspecified atom stereocenters. The molecule has 4 nitrogen and oxygen atoms in total. The Labute approximate surface area is 152 Å². The minimum Gasteiger partial charge on any atom is -0.383 e. The van der Waals surface area contributed by atoms with Crippen LogP contribution in [0.15, 0.2) is 60.7 Å². The number of methoxy groups -OCH3 is 1. The molecule has 1 N–H and O–H groups in total. The average Bonchev–Trinajstić information content (AvgIpc) is 3.01. The number of rotatable bonds is 6. The van der Waals surface area contributed by atoms with Crippen molar-refractivity contribution in [3.8, 4) is 16.9 Å². The number of nitrogens with zero attached hydrogens (tertiary/aromatic N) is 1. The molecule has 0 aliphatic carbocycles. The fourth-order valence-corrected chi connectivity index (χ4v) is 2.94. The second-order valence-corrected chi connectivity index (χ2v) is 5.96. The molecule has 134 valence electrons. The van der Waals surface area contributed by atoms with E-state index < -0.39 is 0 Å². The third-order valence-corrected chi connectivity index (χ3v) is 4.24. The number of nitrogens with one attached hydrogen (secondary N) is 1. The van der Waals surface area contributed by atoms with Crippen molar-refractivity contribution in [2.45, 2.75) is 6.92 Å². The van der Waals surface area contributed by atoms with E-state index in [2.05, 4.69) is 5.32 Å². The number of carbonyl (C=O) groups excluding carboxylic acids is 1. The molecular weight excluding hydrogens is 331 g/mol. The minimum absolute atomic E-state index is 0.155. The summed E-state index contributed by atoms with van der Waals surface area (Å²) >= 11 is 0. The van der Waals surface area contributed by atoms with Gasteiger partial charge in [0.1, 0.15) is 5.82 Å². The molecule has 1 aromatic heterocycles. The summed E-state index contributed by atoms with van der Waals surface area (Å²) < 4.78 is 20.3. The van der Waals surface area contributed by atoms with Gasteiger partial charge < -0.3 is 14.6 Å². The maximum atomic E-state index is 13.3. The highest BCUT2D eigenvalue weighted by molar-refractivity contribution is 5.97. The van der Waals surface area contributed by atoms with Crippen LogP contribution in [-0.4, -0.2) is 30.7 Å². The zero-order valence-electron chi connectivity index (χ0n) is 14.8. The van der Waals surface area contributed by atoms with Crippen LogP contribution in [0.4, 0.5) is 4.39 Å². The van der Waals surface area contributed by atoms with E-state index in [1.165, 1.54) is 12.1 Å². The molecule has 0 fully saturated rings. The van der Waals surface area contributed by atoms with E-state index in [1.54, 1.807) is 19.2 Å². The summed E-state index contributed by atoms with van der Waals surface area (Å²) in [4.78, 5) is 12.6. The van der Waals surface area contributed by atoms with Crippen LogP contribution in [0.25, 0.3) is 16.9 Å². The Morgan fingerprint density at radius 3 is 2.46 bits per heavy atom. The van der Waals surface area contributed by atoms with Gasteiger partial charge in [0.25, 0.3) is 5.91 Å². The van der Waals surface area contributed by atoms with E-state index in [1.807, 2.05) is 47.9 Å². The summed E-state index contributed by atoms with van der Waals surface area (Å²) in [6.07, 6.45) is 0. The van der Waals surface area contributed by atoms with Crippen molar-refractivity contribution in [3.05, 3.63) is 77.7 Å². The molecule has 0 atom stereocenters. The SMILES string of the molecule is COCCNC(=O)c1cc(-c2ccccc2)n(-c2ccc(F)cc2)c1C. The minimum atomic E-state index is -0.294. The molecule has 0 aliphatic heterocycles. The number of amides is 1. The smallest absolute Gasteiger partial charge is 0.253 e. The number of ether oxygens (including phenoxy) is 1. The number of carbonyl (C=O) groups is 1. The topological polar surface area (TPSA) is 43.3 Å². The van der Waals surface area contributed by atoms with Gasteiger partial charge in [0.2, 0.25) is 0 Å². The third-order valence-electron chi connectivity index (χ3n) is 4.24. The number of benzene rings is 2. The maximum Gasteiger partial charge on any atom is 0.253 e. The van der Waals surface area contributed by atoms with Gasteiger partial charge in [0.05, 0.1) is 17.9 Å². The summed E-state index contributed by atoms with van der Waals surface area (Å²) in [5.74, 6) is -0.449. The van der Waals surface area contributed by atoms with Gasteiger partial charge in [-0.1, -0.05) is 30.3 Å². The largest absolute Gasteiger partial charge is 0.383 e. The lowest BCUT2D eigenvalue weighted by Crippen LogP contribution is -2.27. The Hall–Kier alpha value is -2.92. The van der Waals surface area contributed by atoms with Gasteiger partial charge in [0.15, 0.2) is 0 Å². The van der Waals surface area contributed by atoms with Crippen LogP contribution in [0.5, 0.6) is 0 Å². The van der Waals surface area contributed by atoms with E-state index in [0.29, 0.717) is 18.7 Å². The van der Waals surface area contributed by atoms with E-state index in [4.69, 9.17) is 4.74 Å². The molecule has 0 saturated heterocycles. The Bertz CT molecular complexity index is 886. The lowest BCUT2D eigenvalue weighted by molar-refractivity contribution is 0.0936. The summed E-state index contributed by atoms with van der Waals surface area (Å²) in [7, 11) is 1.59. The van der Waals surface area contributed by atoms with Crippen LogP contribution in [-0.2, 0) is 4.74 Å².